The van der Waals surface area contributed by atoms with Gasteiger partial charge in [-0.1, -0.05) is 30.3 Å². The first-order chi connectivity index (χ1) is 12.2. The van der Waals surface area contributed by atoms with Gasteiger partial charge in [0.25, 0.3) is 5.91 Å². The van der Waals surface area contributed by atoms with Crippen molar-refractivity contribution in [1.29, 1.82) is 0 Å². The van der Waals surface area contributed by atoms with E-state index in [0.717, 1.165) is 12.0 Å². The van der Waals surface area contributed by atoms with Gasteiger partial charge in [-0.3, -0.25) is 4.79 Å². The van der Waals surface area contributed by atoms with Crippen LogP contribution in [0.2, 0.25) is 0 Å². The summed E-state index contributed by atoms with van der Waals surface area (Å²) < 4.78 is 12.9. The highest BCUT2D eigenvalue weighted by Crippen LogP contribution is 2.14. The Kier molecular flexibility index (Phi) is 5.31. The van der Waals surface area contributed by atoms with Crippen LogP contribution in [0.1, 0.15) is 16.1 Å². The van der Waals surface area contributed by atoms with E-state index in [0.29, 0.717) is 18.1 Å². The van der Waals surface area contributed by atoms with E-state index < -0.39 is 0 Å². The molecule has 6 heteroatoms. The largest absolute Gasteiger partial charge is 0.350 e. The Bertz CT molecular complexity index is 820. The van der Waals surface area contributed by atoms with Crippen LogP contribution in [0.3, 0.4) is 0 Å². The number of carbonyl (C=O) groups is 1. The molecule has 0 fully saturated rings. The zero-order valence-electron chi connectivity index (χ0n) is 13.4. The minimum Gasteiger partial charge on any atom is -0.350 e. The fourth-order valence-electron chi connectivity index (χ4n) is 2.25. The topological polar surface area (TPSA) is 66.9 Å². The third kappa shape index (κ3) is 4.84. The van der Waals surface area contributed by atoms with Crippen molar-refractivity contribution in [2.24, 2.45) is 0 Å². The van der Waals surface area contributed by atoms with Crippen molar-refractivity contribution in [3.63, 3.8) is 0 Å². The van der Waals surface area contributed by atoms with E-state index in [1.54, 1.807) is 12.1 Å². The first-order valence-corrected chi connectivity index (χ1v) is 7.87. The van der Waals surface area contributed by atoms with Gasteiger partial charge in [-0.2, -0.15) is 0 Å². The van der Waals surface area contributed by atoms with Crippen LogP contribution in [0.4, 0.5) is 15.9 Å². The molecule has 0 aliphatic heterocycles. The quantitative estimate of drug-likeness (QED) is 0.724. The second-order valence-corrected chi connectivity index (χ2v) is 5.41. The standard InChI is InChI=1S/C19H17FN4O/c20-15-6-8-16(9-7-15)24-18-13-22-17(12-23-18)19(25)21-11-10-14-4-2-1-3-5-14/h1-9,12-13H,10-11H2,(H,21,25)(H,23,24). The first kappa shape index (κ1) is 16.6. The van der Waals surface area contributed by atoms with Crippen LogP contribution < -0.4 is 10.6 Å². The summed E-state index contributed by atoms with van der Waals surface area (Å²) in [6, 6.07) is 15.8. The van der Waals surface area contributed by atoms with Gasteiger partial charge >= 0.3 is 0 Å². The van der Waals surface area contributed by atoms with Crippen LogP contribution in [0.5, 0.6) is 0 Å². The van der Waals surface area contributed by atoms with Crippen LogP contribution in [0, 0.1) is 5.82 Å². The molecule has 0 atom stereocenters. The number of benzene rings is 2. The van der Waals surface area contributed by atoms with Crippen molar-refractivity contribution in [3.8, 4) is 0 Å². The number of hydrogen-bond donors (Lipinski definition) is 2. The number of anilines is 2. The van der Waals surface area contributed by atoms with Crippen LogP contribution in [-0.4, -0.2) is 22.4 Å². The molecule has 1 amide bonds. The number of hydrogen-bond acceptors (Lipinski definition) is 4. The lowest BCUT2D eigenvalue weighted by atomic mass is 10.1. The SMILES string of the molecule is O=C(NCCc1ccccc1)c1cnc(Nc2ccc(F)cc2)cn1. The van der Waals surface area contributed by atoms with E-state index in [2.05, 4.69) is 20.6 Å². The number of aromatic nitrogens is 2. The zero-order chi connectivity index (χ0) is 17.5. The Balaban J connectivity index is 1.52. The molecule has 0 bridgehead atoms. The molecule has 126 valence electrons. The molecule has 0 aliphatic carbocycles. The highest BCUT2D eigenvalue weighted by atomic mass is 19.1. The number of nitrogens with zero attached hydrogens (tertiary/aromatic N) is 2. The predicted molar refractivity (Wildman–Crippen MR) is 94.2 cm³/mol. The van der Waals surface area contributed by atoms with E-state index in [1.807, 2.05) is 30.3 Å². The maximum absolute atomic E-state index is 12.9. The average molecular weight is 336 g/mol. The molecule has 1 aromatic heterocycles. The number of amides is 1. The van der Waals surface area contributed by atoms with Crippen LogP contribution in [-0.2, 0) is 6.42 Å². The summed E-state index contributed by atoms with van der Waals surface area (Å²) in [5, 5.41) is 5.81. The lowest BCUT2D eigenvalue weighted by molar-refractivity contribution is 0.0949. The normalized spacial score (nSPS) is 10.3. The monoisotopic (exact) mass is 336 g/mol. The Hall–Kier alpha value is -3.28. The van der Waals surface area contributed by atoms with Gasteiger partial charge in [0.15, 0.2) is 0 Å². The van der Waals surface area contributed by atoms with Crippen molar-refractivity contribution < 1.29 is 9.18 Å². The summed E-state index contributed by atoms with van der Waals surface area (Å²) >= 11 is 0. The van der Waals surface area contributed by atoms with Gasteiger partial charge in [0.05, 0.1) is 12.4 Å². The molecule has 3 aromatic rings. The molecule has 0 saturated heterocycles. The van der Waals surface area contributed by atoms with Gasteiger partial charge in [-0.25, -0.2) is 14.4 Å². The molecular weight excluding hydrogens is 319 g/mol. The molecule has 0 spiro atoms. The molecule has 2 aromatic carbocycles. The molecule has 0 radical (unpaired) electrons. The van der Waals surface area contributed by atoms with E-state index in [9.17, 15) is 9.18 Å². The van der Waals surface area contributed by atoms with E-state index in [-0.39, 0.29) is 17.4 Å². The zero-order valence-corrected chi connectivity index (χ0v) is 13.4. The van der Waals surface area contributed by atoms with Crippen LogP contribution >= 0.6 is 0 Å². The number of carbonyl (C=O) groups excluding carboxylic acids is 1. The maximum atomic E-state index is 12.9. The van der Waals surface area contributed by atoms with Gasteiger partial charge in [0, 0.05) is 12.2 Å². The summed E-state index contributed by atoms with van der Waals surface area (Å²) in [6.07, 6.45) is 3.63. The maximum Gasteiger partial charge on any atom is 0.271 e. The summed E-state index contributed by atoms with van der Waals surface area (Å²) in [4.78, 5) is 20.3. The lowest BCUT2D eigenvalue weighted by Crippen LogP contribution is -2.26. The van der Waals surface area contributed by atoms with Gasteiger partial charge in [0.1, 0.15) is 17.3 Å². The van der Waals surface area contributed by atoms with Gasteiger partial charge in [-0.05, 0) is 36.2 Å². The molecule has 0 aliphatic rings. The summed E-state index contributed by atoms with van der Waals surface area (Å²) in [5.74, 6) is -0.0941. The molecule has 2 N–H and O–H groups in total. The highest BCUT2D eigenvalue weighted by Gasteiger charge is 2.07. The van der Waals surface area contributed by atoms with Crippen LogP contribution in [0.15, 0.2) is 67.0 Å². The molecule has 1 heterocycles. The fourth-order valence-corrected chi connectivity index (χ4v) is 2.25. The third-order valence-electron chi connectivity index (χ3n) is 3.54. The Morgan fingerprint density at radius 3 is 2.40 bits per heavy atom. The number of halogens is 1. The highest BCUT2D eigenvalue weighted by molar-refractivity contribution is 5.92. The smallest absolute Gasteiger partial charge is 0.271 e. The van der Waals surface area contributed by atoms with Gasteiger partial charge in [0.2, 0.25) is 0 Å². The van der Waals surface area contributed by atoms with E-state index in [1.165, 1.54) is 24.5 Å². The molecule has 0 saturated carbocycles. The van der Waals surface area contributed by atoms with Crippen molar-refractivity contribution in [1.82, 2.24) is 15.3 Å². The molecule has 25 heavy (non-hydrogen) atoms. The predicted octanol–water partition coefficient (Wildman–Crippen LogP) is 3.33. The van der Waals surface area contributed by atoms with Crippen molar-refractivity contribution in [3.05, 3.63) is 84.1 Å². The second kappa shape index (κ2) is 8.01. The Morgan fingerprint density at radius 1 is 0.960 bits per heavy atom. The van der Waals surface area contributed by atoms with E-state index in [4.69, 9.17) is 0 Å². The van der Waals surface area contributed by atoms with Crippen molar-refractivity contribution in [2.75, 3.05) is 11.9 Å². The summed E-state index contributed by atoms with van der Waals surface area (Å²) in [5.41, 5.74) is 2.10. The minimum absolute atomic E-state index is 0.248. The molecule has 5 nitrogen and oxygen atoms in total. The summed E-state index contributed by atoms with van der Waals surface area (Å²) in [6.45, 7) is 0.528. The summed E-state index contributed by atoms with van der Waals surface area (Å²) in [7, 11) is 0. The number of nitrogens with one attached hydrogen (secondary N) is 2. The second-order valence-electron chi connectivity index (χ2n) is 5.41. The Labute approximate surface area is 145 Å². The lowest BCUT2D eigenvalue weighted by Gasteiger charge is -2.07. The number of rotatable bonds is 6. The molecular formula is C19H17FN4O. The van der Waals surface area contributed by atoms with Gasteiger partial charge < -0.3 is 10.6 Å². The fraction of sp³-hybridized carbons (Fsp3) is 0.105. The average Bonchev–Trinajstić information content (AvgIpc) is 2.65. The molecule has 0 unspecified atom stereocenters. The van der Waals surface area contributed by atoms with Gasteiger partial charge in [-0.15, -0.1) is 0 Å². The first-order valence-electron chi connectivity index (χ1n) is 7.87. The third-order valence-corrected chi connectivity index (χ3v) is 3.54. The van der Waals surface area contributed by atoms with E-state index >= 15 is 0 Å². The van der Waals surface area contributed by atoms with Crippen molar-refractivity contribution in [2.45, 2.75) is 6.42 Å². The van der Waals surface area contributed by atoms with Crippen molar-refractivity contribution >= 4 is 17.4 Å². The minimum atomic E-state index is -0.306. The van der Waals surface area contributed by atoms with Crippen LogP contribution in [0.25, 0.3) is 0 Å². The Morgan fingerprint density at radius 2 is 1.72 bits per heavy atom. The molecule has 3 rings (SSSR count).